The lowest BCUT2D eigenvalue weighted by molar-refractivity contribution is -0.122. The van der Waals surface area contributed by atoms with Gasteiger partial charge < -0.3 is 25.3 Å². The number of likely N-dealkylation sites (N-methyl/N-ethyl adjacent to an activating group) is 1. The molecular formula is C25H26ClFN6O3. The van der Waals surface area contributed by atoms with E-state index in [1.807, 2.05) is 18.7 Å². The summed E-state index contributed by atoms with van der Waals surface area (Å²) in [7, 11) is 1.48. The number of aromatic nitrogens is 2. The van der Waals surface area contributed by atoms with Crippen molar-refractivity contribution in [1.82, 2.24) is 15.3 Å². The Bertz CT molecular complexity index is 1390. The van der Waals surface area contributed by atoms with E-state index in [1.54, 1.807) is 30.3 Å². The number of amides is 1. The number of halogens is 2. The van der Waals surface area contributed by atoms with E-state index in [-0.39, 0.29) is 35.1 Å². The number of anilines is 3. The van der Waals surface area contributed by atoms with Gasteiger partial charge in [0.2, 0.25) is 0 Å². The third-order valence-corrected chi connectivity index (χ3v) is 6.48. The Morgan fingerprint density at radius 1 is 1.31 bits per heavy atom. The van der Waals surface area contributed by atoms with E-state index < -0.39 is 11.7 Å². The van der Waals surface area contributed by atoms with Crippen molar-refractivity contribution in [1.29, 1.82) is 5.26 Å². The molecule has 1 amide bonds. The van der Waals surface area contributed by atoms with Crippen LogP contribution in [0.3, 0.4) is 0 Å². The number of benzene rings is 1. The smallest absolute Gasteiger partial charge is 0.290 e. The molecule has 0 radical (unpaired) electrons. The molecule has 3 atom stereocenters. The van der Waals surface area contributed by atoms with Crippen molar-refractivity contribution in [3.8, 4) is 11.8 Å². The second-order valence-electron chi connectivity index (χ2n) is 8.96. The summed E-state index contributed by atoms with van der Waals surface area (Å²) in [6.07, 6.45) is -0.911. The van der Waals surface area contributed by atoms with Crippen LogP contribution >= 0.6 is 11.6 Å². The van der Waals surface area contributed by atoms with Crippen LogP contribution in [0.15, 0.2) is 35.1 Å². The number of nitrogens with zero attached hydrogens (tertiary/aromatic N) is 3. The van der Waals surface area contributed by atoms with Crippen molar-refractivity contribution in [3.63, 3.8) is 0 Å². The minimum absolute atomic E-state index is 0.0135. The van der Waals surface area contributed by atoms with Gasteiger partial charge in [-0.2, -0.15) is 5.26 Å². The van der Waals surface area contributed by atoms with Gasteiger partial charge >= 0.3 is 0 Å². The fraction of sp³-hybridized carbons (Fsp3) is 0.360. The monoisotopic (exact) mass is 512 g/mol. The number of alkyl halides is 1. The lowest BCUT2D eigenvalue weighted by Gasteiger charge is -2.38. The molecule has 36 heavy (non-hydrogen) atoms. The van der Waals surface area contributed by atoms with E-state index in [9.17, 15) is 19.2 Å². The highest BCUT2D eigenvalue weighted by atomic mass is 35.5. The van der Waals surface area contributed by atoms with Gasteiger partial charge in [-0.25, -0.2) is 9.37 Å². The van der Waals surface area contributed by atoms with Crippen molar-refractivity contribution >= 4 is 45.7 Å². The van der Waals surface area contributed by atoms with Crippen LogP contribution in [0.4, 0.5) is 21.7 Å². The zero-order chi connectivity index (χ0) is 26.0. The molecule has 4 rings (SSSR count). The average molecular weight is 513 g/mol. The van der Waals surface area contributed by atoms with Gasteiger partial charge in [-0.1, -0.05) is 25.4 Å². The number of hydrogen-bond acceptors (Lipinski definition) is 7. The van der Waals surface area contributed by atoms with Crippen molar-refractivity contribution in [2.75, 3.05) is 37.0 Å². The first-order chi connectivity index (χ1) is 17.2. The molecule has 188 valence electrons. The Morgan fingerprint density at radius 3 is 2.69 bits per heavy atom. The molecule has 1 aliphatic heterocycles. The third kappa shape index (κ3) is 5.21. The lowest BCUT2D eigenvalue weighted by atomic mass is 9.89. The maximum absolute atomic E-state index is 14.4. The van der Waals surface area contributed by atoms with Gasteiger partial charge in [0, 0.05) is 48.6 Å². The normalized spacial score (nSPS) is 19.6. The van der Waals surface area contributed by atoms with Crippen LogP contribution in [0.5, 0.6) is 5.75 Å². The fourth-order valence-electron chi connectivity index (χ4n) is 4.32. The summed E-state index contributed by atoms with van der Waals surface area (Å²) in [4.78, 5) is 33.0. The van der Waals surface area contributed by atoms with E-state index >= 15 is 0 Å². The number of hydrogen-bond donors (Lipinski definition) is 3. The summed E-state index contributed by atoms with van der Waals surface area (Å²) in [5, 5.41) is 16.2. The van der Waals surface area contributed by atoms with Crippen LogP contribution in [-0.4, -0.2) is 48.8 Å². The molecule has 0 unspecified atom stereocenters. The highest BCUT2D eigenvalue weighted by Crippen LogP contribution is 2.34. The number of fused-ring (bicyclic) bond motifs is 1. The Kier molecular flexibility index (Phi) is 7.31. The molecule has 0 spiro atoms. The minimum atomic E-state index is -0.911. The van der Waals surface area contributed by atoms with Crippen LogP contribution in [-0.2, 0) is 4.79 Å². The topological polar surface area (TPSA) is 123 Å². The van der Waals surface area contributed by atoms with Crippen molar-refractivity contribution < 1.29 is 13.9 Å². The number of pyridine rings is 2. The van der Waals surface area contributed by atoms with Gasteiger partial charge in [0.25, 0.3) is 11.5 Å². The number of carbonyl (C=O) groups excluding carboxylic acids is 1. The number of aromatic amines is 1. The van der Waals surface area contributed by atoms with Gasteiger partial charge in [0.05, 0.1) is 10.6 Å². The molecule has 0 saturated carbocycles. The van der Waals surface area contributed by atoms with E-state index in [0.717, 1.165) is 0 Å². The summed E-state index contributed by atoms with van der Waals surface area (Å²) in [5.74, 6) is 0.0489. The first kappa shape index (κ1) is 25.3. The highest BCUT2D eigenvalue weighted by Gasteiger charge is 2.33. The molecule has 1 aliphatic rings. The average Bonchev–Trinajstić information content (AvgIpc) is 2.86. The number of piperidine rings is 1. The summed E-state index contributed by atoms with van der Waals surface area (Å²) >= 11 is 6.44. The van der Waals surface area contributed by atoms with E-state index in [1.165, 1.54) is 7.05 Å². The largest absolute Gasteiger partial charge is 0.478 e. The van der Waals surface area contributed by atoms with Gasteiger partial charge in [-0.15, -0.1) is 0 Å². The number of rotatable bonds is 6. The first-order valence-electron chi connectivity index (χ1n) is 11.5. The van der Waals surface area contributed by atoms with Crippen LogP contribution in [0.2, 0.25) is 5.02 Å². The number of carbonyl (C=O) groups is 1. The Labute approximate surface area is 212 Å². The SMILES string of the molecule is CNC(=O)COc1cc2cc(Nc3nc(N4C[C@@H](C)[C@@H](F)[C@@H](C)C4)c(C#N)cc3Cl)ccc2[nH]c1=O. The van der Waals surface area contributed by atoms with E-state index in [0.29, 0.717) is 46.9 Å². The molecule has 1 aromatic carbocycles. The van der Waals surface area contributed by atoms with Crippen molar-refractivity contribution in [2.24, 2.45) is 11.8 Å². The lowest BCUT2D eigenvalue weighted by Crippen LogP contribution is -2.46. The number of nitriles is 1. The fourth-order valence-corrected chi connectivity index (χ4v) is 4.52. The predicted molar refractivity (Wildman–Crippen MR) is 137 cm³/mol. The quantitative estimate of drug-likeness (QED) is 0.459. The molecule has 2 aromatic heterocycles. The van der Waals surface area contributed by atoms with Crippen molar-refractivity contribution in [3.05, 3.63) is 51.3 Å². The third-order valence-electron chi connectivity index (χ3n) is 6.19. The summed E-state index contributed by atoms with van der Waals surface area (Å²) < 4.78 is 19.7. The Balaban J connectivity index is 1.64. The zero-order valence-corrected chi connectivity index (χ0v) is 20.8. The predicted octanol–water partition coefficient (Wildman–Crippen LogP) is 3.75. The molecule has 11 heteroatoms. The Hall–Kier alpha value is -3.84. The molecule has 1 fully saturated rings. The maximum atomic E-state index is 14.4. The summed E-state index contributed by atoms with van der Waals surface area (Å²) in [5.41, 5.74) is 1.07. The standard InChI is InChI=1S/C25H26ClFN6O3/c1-13-10-33(11-14(2)22(13)27)24-16(9-28)7-18(26)23(32-24)30-17-4-5-19-15(6-17)8-20(25(35)31-19)36-12-21(34)29-3/h4-8,13-14,22H,10-12H2,1-3H3,(H,29,34)(H,30,32)(H,31,35)/t13-,14+,22-. The number of ether oxygens (including phenoxy) is 1. The molecule has 1 saturated heterocycles. The van der Waals surface area contributed by atoms with Crippen LogP contribution in [0, 0.1) is 23.2 Å². The molecule has 3 aromatic rings. The van der Waals surface area contributed by atoms with Crippen LogP contribution in [0.25, 0.3) is 10.9 Å². The zero-order valence-electron chi connectivity index (χ0n) is 20.1. The van der Waals surface area contributed by atoms with E-state index in [4.69, 9.17) is 16.3 Å². The molecule has 0 aliphatic carbocycles. The van der Waals surface area contributed by atoms with Gasteiger partial charge in [0.15, 0.2) is 18.2 Å². The summed E-state index contributed by atoms with van der Waals surface area (Å²) in [6, 6.07) is 10.5. The number of H-pyrrole nitrogens is 1. The summed E-state index contributed by atoms with van der Waals surface area (Å²) in [6.45, 7) is 4.29. The second kappa shape index (κ2) is 10.4. The van der Waals surface area contributed by atoms with Crippen molar-refractivity contribution in [2.45, 2.75) is 20.0 Å². The van der Waals surface area contributed by atoms with Crippen LogP contribution < -0.4 is 25.8 Å². The van der Waals surface area contributed by atoms with Gasteiger partial charge in [0.1, 0.15) is 18.1 Å². The Morgan fingerprint density at radius 2 is 2.03 bits per heavy atom. The molecule has 9 nitrogen and oxygen atoms in total. The molecule has 3 N–H and O–H groups in total. The second-order valence-corrected chi connectivity index (χ2v) is 9.36. The maximum Gasteiger partial charge on any atom is 0.290 e. The number of nitrogens with one attached hydrogen (secondary N) is 3. The molecule has 3 heterocycles. The molecular weight excluding hydrogens is 487 g/mol. The minimum Gasteiger partial charge on any atom is -0.478 e. The molecule has 0 bridgehead atoms. The van der Waals surface area contributed by atoms with Gasteiger partial charge in [-0.3, -0.25) is 9.59 Å². The van der Waals surface area contributed by atoms with Crippen LogP contribution in [0.1, 0.15) is 19.4 Å². The van der Waals surface area contributed by atoms with E-state index in [2.05, 4.69) is 26.7 Å². The highest BCUT2D eigenvalue weighted by molar-refractivity contribution is 6.33. The first-order valence-corrected chi connectivity index (χ1v) is 11.8. The van der Waals surface area contributed by atoms with Gasteiger partial charge in [-0.05, 0) is 30.3 Å².